The molecule has 8 aromatic carbocycles. The van der Waals surface area contributed by atoms with E-state index in [0.717, 1.165) is 11.1 Å². The summed E-state index contributed by atoms with van der Waals surface area (Å²) in [4.78, 5) is 6.05. The van der Waals surface area contributed by atoms with Gasteiger partial charge in [0.05, 0.1) is 44.5 Å². The smallest absolute Gasteiger partial charge is 0.231 e. The fourth-order valence-corrected chi connectivity index (χ4v) is 9.42. The van der Waals surface area contributed by atoms with E-state index in [1.807, 2.05) is 36.7 Å². The maximum absolute atomic E-state index is 14.2. The minimum absolute atomic E-state index is 0.691. The molecule has 0 aliphatic rings. The molecule has 1 aromatic heterocycles. The van der Waals surface area contributed by atoms with E-state index in [-0.39, 0.29) is 0 Å². The Morgan fingerprint density at radius 2 is 0.537 bits per heavy atom. The van der Waals surface area contributed by atoms with Crippen LogP contribution < -0.4 is 31.4 Å². The molecule has 0 saturated carbocycles. The normalized spacial score (nSPS) is 13.5. The second-order valence-corrected chi connectivity index (χ2v) is 18.0. The van der Waals surface area contributed by atoms with Crippen molar-refractivity contribution in [2.45, 2.75) is 49.4 Å². The Bertz CT molecular complexity index is 3300. The molecule has 80 heavy (non-hydrogen) atoms. The van der Waals surface area contributed by atoms with Crippen molar-refractivity contribution in [1.29, 1.82) is 0 Å². The van der Waals surface area contributed by atoms with Gasteiger partial charge in [-0.3, -0.25) is 0 Å². The summed E-state index contributed by atoms with van der Waals surface area (Å²) in [7, 11) is 0. The summed E-state index contributed by atoms with van der Waals surface area (Å²) < 4.78 is 343. The quantitative estimate of drug-likeness (QED) is 0.0700. The Hall–Kier alpha value is -7.87. The Morgan fingerprint density at radius 1 is 0.275 bits per heavy atom. The van der Waals surface area contributed by atoms with Gasteiger partial charge in [0, 0.05) is 27.6 Å². The predicted molar refractivity (Wildman–Crippen MR) is 243 cm³/mol. The maximum Gasteiger partial charge on any atom is 0.416 e. The number of hydrogen-bond acceptors (Lipinski definition) is 1. The molecule has 0 spiro atoms. The highest BCUT2D eigenvalue weighted by Gasteiger charge is 2.47. The number of alkyl halides is 24. The summed E-state index contributed by atoms with van der Waals surface area (Å²) in [5.74, 6) is 0.868. The second-order valence-electron chi connectivity index (χ2n) is 18.0. The van der Waals surface area contributed by atoms with Gasteiger partial charge in [-0.05, 0) is 57.9 Å². The zero-order valence-electron chi connectivity index (χ0n) is 39.0. The van der Waals surface area contributed by atoms with E-state index in [1.165, 1.54) is 26.9 Å². The van der Waals surface area contributed by atoms with E-state index in [0.29, 0.717) is 0 Å². The first-order valence-electron chi connectivity index (χ1n) is 22.3. The lowest BCUT2D eigenvalue weighted by atomic mass is 9.12. The summed E-state index contributed by atoms with van der Waals surface area (Å²) in [5, 5.41) is 7.51. The number of rotatable bonds is 6. The van der Waals surface area contributed by atoms with Crippen LogP contribution in [0.3, 0.4) is 0 Å². The van der Waals surface area contributed by atoms with Gasteiger partial charge in [-0.2, -0.15) is 127 Å². The first-order chi connectivity index (χ1) is 36.7. The van der Waals surface area contributed by atoms with Crippen LogP contribution in [0.5, 0.6) is 5.75 Å². The third kappa shape index (κ3) is 11.7. The molecule has 9 aromatic rings. The third-order valence-electron chi connectivity index (χ3n) is 12.8. The van der Waals surface area contributed by atoms with Gasteiger partial charge >= 0.3 is 49.4 Å². The fraction of sp³-hybridized carbons (Fsp3) is 0.151. The van der Waals surface area contributed by atoms with Crippen molar-refractivity contribution in [3.05, 3.63) is 202 Å². The van der Waals surface area contributed by atoms with E-state index in [1.54, 1.807) is 4.73 Å². The van der Waals surface area contributed by atoms with Crippen LogP contribution in [0.15, 0.2) is 158 Å². The van der Waals surface area contributed by atoms with Crippen LogP contribution in [0.1, 0.15) is 44.5 Å². The molecule has 0 aliphatic heterocycles. The van der Waals surface area contributed by atoms with Crippen LogP contribution >= 0.6 is 0 Å². The number of pyridine rings is 1. The van der Waals surface area contributed by atoms with Crippen molar-refractivity contribution in [2.24, 2.45) is 0 Å². The van der Waals surface area contributed by atoms with Gasteiger partial charge < -0.3 is 0 Å². The third-order valence-corrected chi connectivity index (χ3v) is 12.8. The van der Waals surface area contributed by atoms with Gasteiger partial charge in [-0.25, -0.2) is 4.84 Å². The van der Waals surface area contributed by atoms with Crippen LogP contribution in [0, 0.1) is 0 Å². The molecule has 0 unspecified atom stereocenters. The molecule has 2 nitrogen and oxygen atoms in total. The van der Waals surface area contributed by atoms with Crippen LogP contribution in [0.25, 0.3) is 32.3 Å². The summed E-state index contributed by atoms with van der Waals surface area (Å²) in [6.07, 6.45) is -51.0. The van der Waals surface area contributed by atoms with Crippen molar-refractivity contribution < 1.29 is 115 Å². The SMILES string of the molecule is FC(F)(F)c1cc([B-](c2cc(C(F)(F)F)cc(C(F)(F)F)c2)(c2cc(C(F)(F)F)cc(C(F)(F)F)c2)c2cc(C(F)(F)F)cc(C(F)(F)F)c2)cc(C(F)(F)F)c1.c1cc[n+](Oc2ccc3ccc4cccc5ccc2c3c45)cc1. The van der Waals surface area contributed by atoms with Crippen molar-refractivity contribution in [2.75, 3.05) is 0 Å². The minimum Gasteiger partial charge on any atom is -0.231 e. The van der Waals surface area contributed by atoms with Gasteiger partial charge in [-0.15, -0.1) is 0 Å². The van der Waals surface area contributed by atoms with Crippen molar-refractivity contribution in [1.82, 2.24) is 0 Å². The average molecular weight is 1160 g/mol. The Balaban J connectivity index is 0.000000298. The minimum atomic E-state index is -6.13. The number of benzene rings is 8. The van der Waals surface area contributed by atoms with Crippen molar-refractivity contribution >= 4 is 60.3 Å². The van der Waals surface area contributed by atoms with Gasteiger partial charge in [0.1, 0.15) is 6.15 Å². The summed E-state index contributed by atoms with van der Waals surface area (Å²) in [6, 6.07) is 16.4. The molecular formula is C53H26BF24NO. The molecular weight excluding hydrogens is 1130 g/mol. The maximum atomic E-state index is 14.2. The van der Waals surface area contributed by atoms with Gasteiger partial charge in [0.2, 0.25) is 18.1 Å². The van der Waals surface area contributed by atoms with E-state index in [9.17, 15) is 105 Å². The van der Waals surface area contributed by atoms with Gasteiger partial charge in [0.15, 0.2) is 0 Å². The standard InChI is InChI=1S/C32H12BF24.C21H14NO/c34-25(35,36)13-1-14(26(37,38)39)6-21(5-13)33(22-7-15(27(40,41)42)2-16(8-22)28(43,44)45,23-9-17(29(46,47)48)3-18(10-23)30(49,50)51)24-11-19(31(52,53)54)4-20(12-24)32(55,56)57;1-2-13-22(14-3-1)23-19-12-10-17-8-7-15-5-4-6-16-9-11-18(19)21(17)20(15)16/h1-12H;1-14H/q-1;+1. The lowest BCUT2D eigenvalue weighted by Crippen LogP contribution is -2.75. The highest BCUT2D eigenvalue weighted by atomic mass is 19.4. The zero-order chi connectivity index (χ0) is 59.1. The fourth-order valence-electron chi connectivity index (χ4n) is 9.42. The molecule has 0 radical (unpaired) electrons. The zero-order valence-corrected chi connectivity index (χ0v) is 39.0. The monoisotopic (exact) mass is 1160 g/mol. The summed E-state index contributed by atoms with van der Waals surface area (Å²) in [6.45, 7) is 0. The molecule has 1 heterocycles. The van der Waals surface area contributed by atoms with Crippen LogP contribution in [-0.4, -0.2) is 6.15 Å². The first-order valence-corrected chi connectivity index (χ1v) is 22.3. The topological polar surface area (TPSA) is 13.1 Å². The van der Waals surface area contributed by atoms with E-state index in [4.69, 9.17) is 4.84 Å². The van der Waals surface area contributed by atoms with Gasteiger partial charge in [-0.1, -0.05) is 97.1 Å². The molecule has 0 aliphatic carbocycles. The molecule has 0 N–H and O–H groups in total. The molecule has 0 atom stereocenters. The molecule has 420 valence electrons. The molecule has 9 rings (SSSR count). The van der Waals surface area contributed by atoms with E-state index in [2.05, 4.69) is 48.5 Å². The summed E-state index contributed by atoms with van der Waals surface area (Å²) in [5.41, 5.74) is -30.2. The molecule has 0 saturated heterocycles. The van der Waals surface area contributed by atoms with Crippen LogP contribution in [0.2, 0.25) is 0 Å². The highest BCUT2D eigenvalue weighted by molar-refractivity contribution is 7.20. The van der Waals surface area contributed by atoms with Gasteiger partial charge in [0.25, 0.3) is 0 Å². The predicted octanol–water partition coefficient (Wildman–Crippen LogP) is 15.9. The number of aromatic nitrogens is 1. The average Bonchev–Trinajstić information content (AvgIpc) is 3.48. The second kappa shape index (κ2) is 19.7. The van der Waals surface area contributed by atoms with Crippen LogP contribution in [0.4, 0.5) is 105 Å². The number of nitrogens with zero attached hydrogens (tertiary/aromatic N) is 1. The Kier molecular flexibility index (Phi) is 14.4. The van der Waals surface area contributed by atoms with E-state index < -0.39 is 195 Å². The van der Waals surface area contributed by atoms with E-state index >= 15 is 0 Å². The Labute approximate surface area is 432 Å². The lowest BCUT2D eigenvalue weighted by Gasteiger charge is -2.46. The first kappa shape index (κ1) is 58.3. The largest absolute Gasteiger partial charge is 0.416 e. The Morgan fingerprint density at radius 3 is 0.825 bits per heavy atom. The van der Waals surface area contributed by atoms with Crippen molar-refractivity contribution in [3.63, 3.8) is 0 Å². The lowest BCUT2D eigenvalue weighted by molar-refractivity contribution is -0.874. The highest BCUT2D eigenvalue weighted by Crippen LogP contribution is 2.43. The molecule has 0 fully saturated rings. The summed E-state index contributed by atoms with van der Waals surface area (Å²) >= 11 is 0. The molecule has 27 heteroatoms. The number of halogens is 24. The molecule has 0 amide bonds. The van der Waals surface area contributed by atoms with Crippen molar-refractivity contribution in [3.8, 4) is 5.75 Å². The molecule has 0 bridgehead atoms. The van der Waals surface area contributed by atoms with Crippen LogP contribution in [-0.2, 0) is 49.4 Å². The number of hydrogen-bond donors (Lipinski definition) is 0.